The van der Waals surface area contributed by atoms with Crippen LogP contribution >= 0.6 is 11.8 Å². The van der Waals surface area contributed by atoms with Gasteiger partial charge in [0.2, 0.25) is 0 Å². The van der Waals surface area contributed by atoms with Crippen molar-refractivity contribution < 1.29 is 18.0 Å². The van der Waals surface area contributed by atoms with E-state index in [4.69, 9.17) is 0 Å². The number of alkyl halides is 3. The third-order valence-electron chi connectivity index (χ3n) is 3.36. The highest BCUT2D eigenvalue weighted by Crippen LogP contribution is 2.32. The molecular formula is C18H13F3N2OS. The molecule has 0 fully saturated rings. The molecule has 0 unspecified atom stereocenters. The highest BCUT2D eigenvalue weighted by atomic mass is 32.2. The standard InChI is InChI=1S/C18H13F3N2OS/c19-18(20,21)11-25-16-8-4-3-7-14(16)23-17(24)15-10-9-12-5-1-2-6-13(12)22-15/h1-10H,11H2,(H,23,24). The molecule has 0 aliphatic carbocycles. The zero-order chi connectivity index (χ0) is 17.9. The van der Waals surface area contributed by atoms with E-state index in [0.717, 1.165) is 5.39 Å². The predicted octanol–water partition coefficient (Wildman–Crippen LogP) is 5.14. The Kier molecular flexibility index (Phi) is 4.94. The maximum Gasteiger partial charge on any atom is 0.398 e. The van der Waals surface area contributed by atoms with Crippen LogP contribution in [-0.4, -0.2) is 22.8 Å². The molecule has 1 amide bonds. The molecule has 1 heterocycles. The molecule has 3 rings (SSSR count). The maximum atomic E-state index is 12.4. The van der Waals surface area contributed by atoms with Crippen LogP contribution in [0.25, 0.3) is 10.9 Å². The van der Waals surface area contributed by atoms with Crippen molar-refractivity contribution in [1.82, 2.24) is 4.98 Å². The molecule has 0 radical (unpaired) electrons. The van der Waals surface area contributed by atoms with E-state index in [1.165, 1.54) is 0 Å². The summed E-state index contributed by atoms with van der Waals surface area (Å²) in [7, 11) is 0. The molecule has 2 aromatic carbocycles. The van der Waals surface area contributed by atoms with Gasteiger partial charge < -0.3 is 5.32 Å². The lowest BCUT2D eigenvalue weighted by Crippen LogP contribution is -2.15. The Morgan fingerprint density at radius 3 is 2.52 bits per heavy atom. The molecule has 0 saturated carbocycles. The summed E-state index contributed by atoms with van der Waals surface area (Å²) in [6, 6.07) is 17.1. The Morgan fingerprint density at radius 2 is 1.72 bits per heavy atom. The van der Waals surface area contributed by atoms with Crippen LogP contribution in [-0.2, 0) is 0 Å². The van der Waals surface area contributed by atoms with Crippen LogP contribution in [0.5, 0.6) is 0 Å². The Morgan fingerprint density at radius 1 is 1.00 bits per heavy atom. The van der Waals surface area contributed by atoms with E-state index in [2.05, 4.69) is 10.3 Å². The number of pyridine rings is 1. The minimum Gasteiger partial charge on any atom is -0.320 e. The van der Waals surface area contributed by atoms with Gasteiger partial charge in [-0.3, -0.25) is 4.79 Å². The molecule has 0 saturated heterocycles. The SMILES string of the molecule is O=C(Nc1ccccc1SCC(F)(F)F)c1ccc2ccccc2n1. The molecule has 25 heavy (non-hydrogen) atoms. The van der Waals surface area contributed by atoms with Crippen LogP contribution in [0.2, 0.25) is 0 Å². The first-order chi connectivity index (χ1) is 11.9. The van der Waals surface area contributed by atoms with Crippen LogP contribution in [0.15, 0.2) is 65.6 Å². The molecule has 1 aromatic heterocycles. The van der Waals surface area contributed by atoms with Crippen LogP contribution < -0.4 is 5.32 Å². The van der Waals surface area contributed by atoms with E-state index in [0.29, 0.717) is 27.9 Å². The number of halogens is 3. The first-order valence-corrected chi connectivity index (χ1v) is 8.37. The molecule has 3 nitrogen and oxygen atoms in total. The lowest BCUT2D eigenvalue weighted by molar-refractivity contribution is -0.105. The number of fused-ring (bicyclic) bond motifs is 1. The summed E-state index contributed by atoms with van der Waals surface area (Å²) in [6.07, 6.45) is -4.28. The smallest absolute Gasteiger partial charge is 0.320 e. The minimum atomic E-state index is -4.28. The maximum absolute atomic E-state index is 12.4. The number of carbonyl (C=O) groups excluding carboxylic acids is 1. The average molecular weight is 362 g/mol. The molecule has 7 heteroatoms. The van der Waals surface area contributed by atoms with Gasteiger partial charge in [0.15, 0.2) is 0 Å². The summed E-state index contributed by atoms with van der Waals surface area (Å²) >= 11 is 0.634. The second-order valence-corrected chi connectivity index (χ2v) is 6.26. The van der Waals surface area contributed by atoms with Crippen molar-refractivity contribution in [3.05, 3.63) is 66.4 Å². The summed E-state index contributed by atoms with van der Waals surface area (Å²) in [5.74, 6) is -1.49. The first kappa shape index (κ1) is 17.3. The van der Waals surface area contributed by atoms with Gasteiger partial charge in [-0.2, -0.15) is 13.2 Å². The number of anilines is 1. The first-order valence-electron chi connectivity index (χ1n) is 7.38. The number of carbonyl (C=O) groups is 1. The van der Waals surface area contributed by atoms with Crippen LogP contribution in [0.4, 0.5) is 18.9 Å². The van der Waals surface area contributed by atoms with Gasteiger partial charge in [-0.15, -0.1) is 11.8 Å². The van der Waals surface area contributed by atoms with Gasteiger partial charge in [0.25, 0.3) is 5.91 Å². The highest BCUT2D eigenvalue weighted by molar-refractivity contribution is 7.99. The Labute approximate surface area is 146 Å². The summed E-state index contributed by atoms with van der Waals surface area (Å²) in [5, 5.41) is 3.54. The molecule has 128 valence electrons. The van der Waals surface area contributed by atoms with Gasteiger partial charge in [0, 0.05) is 10.3 Å². The van der Waals surface area contributed by atoms with Crippen LogP contribution in [0.1, 0.15) is 10.5 Å². The summed E-state index contributed by atoms with van der Waals surface area (Å²) < 4.78 is 37.3. The third-order valence-corrected chi connectivity index (χ3v) is 4.50. The number of nitrogens with zero attached hydrogens (tertiary/aromatic N) is 1. The van der Waals surface area contributed by atoms with Crippen molar-refractivity contribution >= 4 is 34.3 Å². The lowest BCUT2D eigenvalue weighted by atomic mass is 10.2. The second kappa shape index (κ2) is 7.14. The van der Waals surface area contributed by atoms with Gasteiger partial charge in [-0.25, -0.2) is 4.98 Å². The third kappa shape index (κ3) is 4.51. The number of nitrogens with one attached hydrogen (secondary N) is 1. The molecule has 0 aliphatic heterocycles. The van der Waals surface area contributed by atoms with Crippen LogP contribution in [0.3, 0.4) is 0 Å². The number of para-hydroxylation sites is 2. The molecule has 0 atom stereocenters. The highest BCUT2D eigenvalue weighted by Gasteiger charge is 2.27. The Bertz CT molecular complexity index is 912. The summed E-state index contributed by atoms with van der Waals surface area (Å²) in [5.41, 5.74) is 1.21. The van der Waals surface area contributed by atoms with Crippen molar-refractivity contribution in [2.75, 3.05) is 11.1 Å². The number of hydrogen-bond donors (Lipinski definition) is 1. The normalized spacial score (nSPS) is 11.5. The number of benzene rings is 2. The van der Waals surface area contributed by atoms with E-state index in [1.807, 2.05) is 18.2 Å². The van der Waals surface area contributed by atoms with Crippen molar-refractivity contribution in [1.29, 1.82) is 0 Å². The van der Waals surface area contributed by atoms with Gasteiger partial charge in [0.05, 0.1) is 17.0 Å². The van der Waals surface area contributed by atoms with Crippen molar-refractivity contribution in [3.8, 4) is 0 Å². The fourth-order valence-electron chi connectivity index (χ4n) is 2.23. The topological polar surface area (TPSA) is 42.0 Å². The number of hydrogen-bond acceptors (Lipinski definition) is 3. The summed E-state index contributed by atoms with van der Waals surface area (Å²) in [4.78, 5) is 17.0. The van der Waals surface area contributed by atoms with E-state index >= 15 is 0 Å². The number of amides is 1. The largest absolute Gasteiger partial charge is 0.398 e. The number of thioether (sulfide) groups is 1. The average Bonchev–Trinajstić information content (AvgIpc) is 2.60. The van der Waals surface area contributed by atoms with E-state index in [-0.39, 0.29) is 5.69 Å². The van der Waals surface area contributed by atoms with Crippen molar-refractivity contribution in [2.24, 2.45) is 0 Å². The Hall–Kier alpha value is -2.54. The van der Waals surface area contributed by atoms with Crippen LogP contribution in [0, 0.1) is 0 Å². The zero-order valence-corrected chi connectivity index (χ0v) is 13.7. The fraction of sp³-hybridized carbons (Fsp3) is 0.111. The van der Waals surface area contributed by atoms with Gasteiger partial charge in [0.1, 0.15) is 5.69 Å². The number of aromatic nitrogens is 1. The molecule has 1 N–H and O–H groups in total. The molecule has 0 bridgehead atoms. The molecular weight excluding hydrogens is 349 g/mol. The van der Waals surface area contributed by atoms with E-state index in [1.54, 1.807) is 42.5 Å². The molecule has 0 aliphatic rings. The predicted molar refractivity (Wildman–Crippen MR) is 92.9 cm³/mol. The van der Waals surface area contributed by atoms with Crippen molar-refractivity contribution in [3.63, 3.8) is 0 Å². The summed E-state index contributed by atoms with van der Waals surface area (Å²) in [6.45, 7) is 0. The lowest BCUT2D eigenvalue weighted by Gasteiger charge is -2.12. The molecule has 3 aromatic rings. The van der Waals surface area contributed by atoms with Crippen molar-refractivity contribution in [2.45, 2.75) is 11.1 Å². The van der Waals surface area contributed by atoms with Gasteiger partial charge >= 0.3 is 6.18 Å². The quantitative estimate of drug-likeness (QED) is 0.653. The fourth-order valence-corrected chi connectivity index (χ4v) is 3.00. The van der Waals surface area contributed by atoms with Gasteiger partial charge in [-0.05, 0) is 24.3 Å². The molecule has 0 spiro atoms. The second-order valence-electron chi connectivity index (χ2n) is 5.24. The number of rotatable bonds is 4. The van der Waals surface area contributed by atoms with E-state index < -0.39 is 17.8 Å². The Balaban J connectivity index is 1.80. The monoisotopic (exact) mass is 362 g/mol. The zero-order valence-electron chi connectivity index (χ0n) is 12.9. The van der Waals surface area contributed by atoms with Gasteiger partial charge in [-0.1, -0.05) is 36.4 Å². The minimum absolute atomic E-state index is 0.203. The van der Waals surface area contributed by atoms with E-state index in [9.17, 15) is 18.0 Å².